The molecule has 0 saturated carbocycles. The predicted octanol–water partition coefficient (Wildman–Crippen LogP) is 3.12. The molecule has 0 saturated heterocycles. The Balaban J connectivity index is 1.79. The van der Waals surface area contributed by atoms with Crippen molar-refractivity contribution in [1.29, 1.82) is 0 Å². The molecule has 1 aliphatic carbocycles. The highest BCUT2D eigenvalue weighted by Gasteiger charge is 2.29. The van der Waals surface area contributed by atoms with Crippen LogP contribution in [0.1, 0.15) is 49.6 Å². The van der Waals surface area contributed by atoms with Gasteiger partial charge in [-0.2, -0.15) is 0 Å². The van der Waals surface area contributed by atoms with Crippen LogP contribution in [0, 0.1) is 5.92 Å². The first-order chi connectivity index (χ1) is 10.1. The van der Waals surface area contributed by atoms with Crippen LogP contribution < -0.4 is 5.32 Å². The Labute approximate surface area is 129 Å². The molecule has 0 radical (unpaired) electrons. The highest BCUT2D eigenvalue weighted by atomic mass is 32.1. The average Bonchev–Trinajstić information content (AvgIpc) is 2.84. The van der Waals surface area contributed by atoms with Crippen molar-refractivity contribution < 1.29 is 14.6 Å². The number of aryl methyl sites for hydroxylation is 1. The van der Waals surface area contributed by atoms with Gasteiger partial charge in [-0.25, -0.2) is 4.98 Å². The lowest BCUT2D eigenvalue weighted by atomic mass is 9.91. The number of anilines is 1. The van der Waals surface area contributed by atoms with E-state index in [-0.39, 0.29) is 0 Å². The third-order valence-electron chi connectivity index (χ3n) is 3.45. The van der Waals surface area contributed by atoms with Crippen LogP contribution in [-0.4, -0.2) is 35.8 Å². The molecule has 1 atom stereocenters. The lowest BCUT2D eigenvalue weighted by Gasteiger charge is -2.16. The molecule has 6 heteroatoms. The van der Waals surface area contributed by atoms with E-state index < -0.39 is 11.9 Å². The molecule has 118 valence electrons. The lowest BCUT2D eigenvalue weighted by molar-refractivity contribution is -0.139. The van der Waals surface area contributed by atoms with E-state index in [9.17, 15) is 9.90 Å². The molecule has 1 aliphatic rings. The van der Waals surface area contributed by atoms with Crippen molar-refractivity contribution >= 4 is 22.4 Å². The van der Waals surface area contributed by atoms with Gasteiger partial charge in [0.2, 0.25) is 0 Å². The van der Waals surface area contributed by atoms with Gasteiger partial charge in [0.15, 0.2) is 5.13 Å². The van der Waals surface area contributed by atoms with Crippen LogP contribution in [0.5, 0.6) is 0 Å². The Hall–Kier alpha value is -1.14. The van der Waals surface area contributed by atoms with E-state index in [1.54, 1.807) is 11.3 Å². The number of aromatic nitrogens is 1. The number of nitrogens with one attached hydrogen (secondary N) is 1. The van der Waals surface area contributed by atoms with Crippen molar-refractivity contribution in [3.8, 4) is 0 Å². The highest BCUT2D eigenvalue weighted by molar-refractivity contribution is 7.15. The summed E-state index contributed by atoms with van der Waals surface area (Å²) in [5.41, 5.74) is 0.775. The molecule has 1 heterocycles. The van der Waals surface area contributed by atoms with Crippen molar-refractivity contribution in [3.05, 3.63) is 10.6 Å². The second-order valence-electron chi connectivity index (χ2n) is 5.86. The van der Waals surface area contributed by atoms with E-state index in [0.717, 1.165) is 54.7 Å². The zero-order valence-electron chi connectivity index (χ0n) is 12.7. The van der Waals surface area contributed by atoms with Crippen molar-refractivity contribution in [3.63, 3.8) is 0 Å². The maximum atomic E-state index is 11.2. The van der Waals surface area contributed by atoms with E-state index >= 15 is 0 Å². The minimum Gasteiger partial charge on any atom is -0.481 e. The van der Waals surface area contributed by atoms with Gasteiger partial charge in [0.25, 0.3) is 0 Å². The minimum atomic E-state index is -0.755. The van der Waals surface area contributed by atoms with Gasteiger partial charge in [-0.3, -0.25) is 4.79 Å². The third-order valence-corrected chi connectivity index (χ3v) is 4.53. The predicted molar refractivity (Wildman–Crippen MR) is 84.2 cm³/mol. The van der Waals surface area contributed by atoms with Crippen LogP contribution in [0.15, 0.2) is 0 Å². The second-order valence-corrected chi connectivity index (χ2v) is 6.94. The number of rotatable bonds is 8. The molecule has 0 spiro atoms. The first-order valence-electron chi connectivity index (χ1n) is 7.62. The van der Waals surface area contributed by atoms with Crippen molar-refractivity contribution in [1.82, 2.24) is 4.98 Å². The number of hydrogen-bond acceptors (Lipinski definition) is 5. The van der Waals surface area contributed by atoms with Crippen LogP contribution >= 0.6 is 11.3 Å². The zero-order valence-corrected chi connectivity index (χ0v) is 13.5. The van der Waals surface area contributed by atoms with Gasteiger partial charge in [0.1, 0.15) is 5.92 Å². The molecule has 0 fully saturated rings. The van der Waals surface area contributed by atoms with E-state index in [2.05, 4.69) is 24.1 Å². The van der Waals surface area contributed by atoms with Crippen molar-refractivity contribution in [2.75, 3.05) is 25.1 Å². The number of thiazole rings is 1. The average molecular weight is 312 g/mol. The summed E-state index contributed by atoms with van der Waals surface area (Å²) in [6, 6.07) is 0. The number of nitrogens with zero attached hydrogens (tertiary/aromatic N) is 1. The SMILES string of the molecule is CC(C)COCCCNc1nc2c(s1)CCCC2C(=O)O. The number of carboxylic acids is 1. The second kappa shape index (κ2) is 7.75. The highest BCUT2D eigenvalue weighted by Crippen LogP contribution is 2.36. The Bertz CT molecular complexity index is 473. The third kappa shape index (κ3) is 4.68. The number of carboxylic acid groups (broad SMARTS) is 1. The quantitative estimate of drug-likeness (QED) is 0.722. The molecular weight excluding hydrogens is 288 g/mol. The van der Waals surface area contributed by atoms with Crippen LogP contribution in [-0.2, 0) is 16.0 Å². The van der Waals surface area contributed by atoms with E-state index in [1.165, 1.54) is 0 Å². The van der Waals surface area contributed by atoms with Crippen molar-refractivity contribution in [2.24, 2.45) is 5.92 Å². The first-order valence-corrected chi connectivity index (χ1v) is 8.43. The van der Waals surface area contributed by atoms with Crippen molar-refractivity contribution in [2.45, 2.75) is 45.4 Å². The van der Waals surface area contributed by atoms with Gasteiger partial charge in [-0.1, -0.05) is 13.8 Å². The Kier molecular flexibility index (Phi) is 5.99. The number of fused-ring (bicyclic) bond motifs is 1. The fourth-order valence-electron chi connectivity index (χ4n) is 2.42. The zero-order chi connectivity index (χ0) is 15.2. The van der Waals surface area contributed by atoms with Crippen LogP contribution in [0.25, 0.3) is 0 Å². The lowest BCUT2D eigenvalue weighted by Crippen LogP contribution is -2.17. The summed E-state index contributed by atoms with van der Waals surface area (Å²) >= 11 is 1.60. The molecule has 0 amide bonds. The molecule has 0 bridgehead atoms. The van der Waals surface area contributed by atoms with Crippen LogP contribution in [0.2, 0.25) is 0 Å². The first kappa shape index (κ1) is 16.2. The molecule has 2 N–H and O–H groups in total. The van der Waals surface area contributed by atoms with Gasteiger partial charge in [-0.15, -0.1) is 11.3 Å². The fraction of sp³-hybridized carbons (Fsp3) is 0.733. The largest absolute Gasteiger partial charge is 0.481 e. The van der Waals surface area contributed by atoms with Gasteiger partial charge in [0, 0.05) is 24.6 Å². The summed E-state index contributed by atoms with van der Waals surface area (Å²) < 4.78 is 5.53. The number of aliphatic carboxylic acids is 1. The molecule has 1 aromatic heterocycles. The van der Waals surface area contributed by atoms with E-state index in [1.807, 2.05) is 0 Å². The smallest absolute Gasteiger partial charge is 0.312 e. The number of carbonyl (C=O) groups is 1. The van der Waals surface area contributed by atoms with Gasteiger partial charge >= 0.3 is 5.97 Å². The van der Waals surface area contributed by atoms with E-state index in [4.69, 9.17) is 4.74 Å². The summed E-state index contributed by atoms with van der Waals surface area (Å²) in [6.07, 6.45) is 3.53. The van der Waals surface area contributed by atoms with Crippen LogP contribution in [0.4, 0.5) is 5.13 Å². The van der Waals surface area contributed by atoms with Gasteiger partial charge in [-0.05, 0) is 31.6 Å². The van der Waals surface area contributed by atoms with Crippen LogP contribution in [0.3, 0.4) is 0 Å². The maximum absolute atomic E-state index is 11.2. The number of hydrogen-bond donors (Lipinski definition) is 2. The molecule has 0 aromatic carbocycles. The normalized spacial score (nSPS) is 17.8. The summed E-state index contributed by atoms with van der Waals surface area (Å²) in [6.45, 7) is 6.62. The summed E-state index contributed by atoms with van der Waals surface area (Å²) in [5.74, 6) is -0.610. The minimum absolute atomic E-state index is 0.421. The molecular formula is C15H24N2O3S. The Morgan fingerprint density at radius 1 is 1.57 bits per heavy atom. The molecule has 21 heavy (non-hydrogen) atoms. The summed E-state index contributed by atoms with van der Waals surface area (Å²) in [7, 11) is 0. The maximum Gasteiger partial charge on any atom is 0.312 e. The molecule has 1 aromatic rings. The molecule has 5 nitrogen and oxygen atoms in total. The topological polar surface area (TPSA) is 71.5 Å². The standard InChI is InChI=1S/C15H24N2O3S/c1-10(2)9-20-8-4-7-16-15-17-13-11(14(18)19)5-3-6-12(13)21-15/h10-11H,3-9H2,1-2H3,(H,16,17)(H,18,19). The van der Waals surface area contributed by atoms with E-state index in [0.29, 0.717) is 12.3 Å². The Morgan fingerprint density at radius 2 is 2.38 bits per heavy atom. The monoisotopic (exact) mass is 312 g/mol. The van der Waals surface area contributed by atoms with Gasteiger partial charge < -0.3 is 15.2 Å². The fourth-order valence-corrected chi connectivity index (χ4v) is 3.51. The van der Waals surface area contributed by atoms with Gasteiger partial charge in [0.05, 0.1) is 5.69 Å². The summed E-state index contributed by atoms with van der Waals surface area (Å²) in [5, 5.41) is 13.4. The molecule has 2 rings (SSSR count). The number of ether oxygens (including phenoxy) is 1. The summed E-state index contributed by atoms with van der Waals surface area (Å²) in [4.78, 5) is 16.9. The molecule has 0 aliphatic heterocycles. The molecule has 1 unspecified atom stereocenters. The Morgan fingerprint density at radius 3 is 3.10 bits per heavy atom.